The predicted molar refractivity (Wildman–Crippen MR) is 106 cm³/mol. The predicted octanol–water partition coefficient (Wildman–Crippen LogP) is 3.58. The van der Waals surface area contributed by atoms with Crippen molar-refractivity contribution in [2.24, 2.45) is 0 Å². The average molecular weight is 402 g/mol. The third kappa shape index (κ3) is 4.48. The van der Waals surface area contributed by atoms with E-state index in [0.29, 0.717) is 17.0 Å². The summed E-state index contributed by atoms with van der Waals surface area (Å²) >= 11 is 6.11. The molecule has 1 saturated heterocycles. The summed E-state index contributed by atoms with van der Waals surface area (Å²) in [6, 6.07) is 11.6. The number of rotatable bonds is 6. The van der Waals surface area contributed by atoms with Gasteiger partial charge in [-0.15, -0.1) is 0 Å². The van der Waals surface area contributed by atoms with Crippen LogP contribution < -0.4 is 4.90 Å². The Hall–Kier alpha value is -2.93. The average Bonchev–Trinajstić information content (AvgIpc) is 3.09. The van der Waals surface area contributed by atoms with E-state index in [9.17, 15) is 19.7 Å². The van der Waals surface area contributed by atoms with Gasteiger partial charge in [-0.2, -0.15) is 0 Å². The standard InChI is InChI=1S/C20H20ClN3O4/c1-22(13-15-12-17(24(27)28)8-9-18(15)21)20(26)11-14-4-6-16(7-5-14)23-10-2-3-19(23)25/h4-9,12H,2-3,10-11,13H2,1H3. The molecule has 0 bridgehead atoms. The van der Waals surface area contributed by atoms with Gasteiger partial charge in [-0.3, -0.25) is 19.7 Å². The lowest BCUT2D eigenvalue weighted by atomic mass is 10.1. The van der Waals surface area contributed by atoms with Gasteiger partial charge >= 0.3 is 0 Å². The van der Waals surface area contributed by atoms with Crippen molar-refractivity contribution >= 4 is 34.8 Å². The lowest BCUT2D eigenvalue weighted by Gasteiger charge is -2.19. The molecule has 1 fully saturated rings. The summed E-state index contributed by atoms with van der Waals surface area (Å²) in [6.45, 7) is 0.906. The Morgan fingerprint density at radius 1 is 1.25 bits per heavy atom. The normalized spacial score (nSPS) is 13.6. The summed E-state index contributed by atoms with van der Waals surface area (Å²) in [5.41, 5.74) is 2.13. The van der Waals surface area contributed by atoms with Gasteiger partial charge in [-0.05, 0) is 35.7 Å². The summed E-state index contributed by atoms with van der Waals surface area (Å²) in [4.78, 5) is 38.0. The van der Waals surface area contributed by atoms with Crippen LogP contribution in [0.15, 0.2) is 42.5 Å². The van der Waals surface area contributed by atoms with Crippen LogP contribution in [0.3, 0.4) is 0 Å². The number of hydrogen-bond acceptors (Lipinski definition) is 4. The maximum absolute atomic E-state index is 12.5. The molecule has 1 aliphatic heterocycles. The summed E-state index contributed by atoms with van der Waals surface area (Å²) < 4.78 is 0. The number of carbonyl (C=O) groups excluding carboxylic acids is 2. The molecular formula is C20H20ClN3O4. The molecule has 0 spiro atoms. The van der Waals surface area contributed by atoms with E-state index in [1.165, 1.54) is 23.1 Å². The van der Waals surface area contributed by atoms with Crippen LogP contribution in [-0.2, 0) is 22.6 Å². The first-order valence-electron chi connectivity index (χ1n) is 8.91. The Bertz CT molecular complexity index is 914. The zero-order chi connectivity index (χ0) is 20.3. The van der Waals surface area contributed by atoms with E-state index in [2.05, 4.69) is 0 Å². The molecule has 28 heavy (non-hydrogen) atoms. The zero-order valence-electron chi connectivity index (χ0n) is 15.4. The molecule has 3 rings (SSSR count). The van der Waals surface area contributed by atoms with Crippen molar-refractivity contribution < 1.29 is 14.5 Å². The number of likely N-dealkylation sites (N-methyl/N-ethyl adjacent to an activating group) is 1. The smallest absolute Gasteiger partial charge is 0.269 e. The van der Waals surface area contributed by atoms with E-state index >= 15 is 0 Å². The quantitative estimate of drug-likeness (QED) is 0.547. The van der Waals surface area contributed by atoms with Gasteiger partial charge in [0.2, 0.25) is 11.8 Å². The van der Waals surface area contributed by atoms with Gasteiger partial charge in [0.05, 0.1) is 11.3 Å². The third-order valence-electron chi connectivity index (χ3n) is 4.75. The molecule has 146 valence electrons. The van der Waals surface area contributed by atoms with Crippen LogP contribution in [0.4, 0.5) is 11.4 Å². The Morgan fingerprint density at radius 3 is 2.57 bits per heavy atom. The molecule has 0 N–H and O–H groups in total. The minimum atomic E-state index is -0.492. The fraction of sp³-hybridized carbons (Fsp3) is 0.300. The second kappa shape index (κ2) is 8.39. The van der Waals surface area contributed by atoms with Gasteiger partial charge in [0.25, 0.3) is 5.69 Å². The first-order valence-corrected chi connectivity index (χ1v) is 9.29. The number of nitro benzene ring substituents is 1. The zero-order valence-corrected chi connectivity index (χ0v) is 16.2. The second-order valence-electron chi connectivity index (χ2n) is 6.77. The number of amides is 2. The maximum Gasteiger partial charge on any atom is 0.269 e. The number of halogens is 1. The number of nitro groups is 1. The molecule has 0 saturated carbocycles. The van der Waals surface area contributed by atoms with Crippen molar-refractivity contribution in [3.63, 3.8) is 0 Å². The number of benzene rings is 2. The fourth-order valence-electron chi connectivity index (χ4n) is 3.16. The van der Waals surface area contributed by atoms with E-state index in [-0.39, 0.29) is 30.5 Å². The minimum absolute atomic E-state index is 0.0627. The van der Waals surface area contributed by atoms with Crippen molar-refractivity contribution in [2.75, 3.05) is 18.5 Å². The van der Waals surface area contributed by atoms with Crippen LogP contribution >= 0.6 is 11.6 Å². The molecule has 2 amide bonds. The summed E-state index contributed by atoms with van der Waals surface area (Å²) in [5.74, 6) is -0.00929. The van der Waals surface area contributed by atoms with Gasteiger partial charge < -0.3 is 9.80 Å². The Kier molecular flexibility index (Phi) is 5.94. The highest BCUT2D eigenvalue weighted by atomic mass is 35.5. The number of nitrogens with zero attached hydrogens (tertiary/aromatic N) is 3. The van der Waals surface area contributed by atoms with Crippen LogP contribution in [0.1, 0.15) is 24.0 Å². The highest BCUT2D eigenvalue weighted by Crippen LogP contribution is 2.24. The van der Waals surface area contributed by atoms with Crippen LogP contribution in [0, 0.1) is 10.1 Å². The van der Waals surface area contributed by atoms with Crippen molar-refractivity contribution in [3.8, 4) is 0 Å². The van der Waals surface area contributed by atoms with E-state index in [0.717, 1.165) is 24.2 Å². The monoisotopic (exact) mass is 401 g/mol. The van der Waals surface area contributed by atoms with E-state index in [4.69, 9.17) is 11.6 Å². The number of hydrogen-bond donors (Lipinski definition) is 0. The molecule has 2 aromatic carbocycles. The van der Waals surface area contributed by atoms with Crippen molar-refractivity contribution in [3.05, 3.63) is 68.7 Å². The minimum Gasteiger partial charge on any atom is -0.341 e. The van der Waals surface area contributed by atoms with E-state index in [1.807, 2.05) is 24.3 Å². The number of carbonyl (C=O) groups is 2. The van der Waals surface area contributed by atoms with Crippen molar-refractivity contribution in [2.45, 2.75) is 25.8 Å². The Morgan fingerprint density at radius 2 is 1.96 bits per heavy atom. The summed E-state index contributed by atoms with van der Waals surface area (Å²) in [5, 5.41) is 11.3. The third-order valence-corrected chi connectivity index (χ3v) is 5.12. The topological polar surface area (TPSA) is 83.8 Å². The first kappa shape index (κ1) is 19.8. The highest BCUT2D eigenvalue weighted by molar-refractivity contribution is 6.31. The molecule has 1 aliphatic rings. The van der Waals surface area contributed by atoms with Gasteiger partial charge in [-0.25, -0.2) is 0 Å². The van der Waals surface area contributed by atoms with Crippen molar-refractivity contribution in [1.82, 2.24) is 4.90 Å². The fourth-order valence-corrected chi connectivity index (χ4v) is 3.34. The van der Waals surface area contributed by atoms with Crippen LogP contribution in [0.5, 0.6) is 0 Å². The molecule has 0 atom stereocenters. The van der Waals surface area contributed by atoms with Crippen LogP contribution in [-0.4, -0.2) is 35.2 Å². The second-order valence-corrected chi connectivity index (χ2v) is 7.18. The van der Waals surface area contributed by atoms with Crippen LogP contribution in [0.25, 0.3) is 0 Å². The van der Waals surface area contributed by atoms with Gasteiger partial charge in [0.15, 0.2) is 0 Å². The lowest BCUT2D eigenvalue weighted by molar-refractivity contribution is -0.384. The van der Waals surface area contributed by atoms with Gasteiger partial charge in [0, 0.05) is 49.4 Å². The molecule has 0 aliphatic carbocycles. The van der Waals surface area contributed by atoms with Crippen LogP contribution in [0.2, 0.25) is 5.02 Å². The molecule has 0 radical (unpaired) electrons. The van der Waals surface area contributed by atoms with Gasteiger partial charge in [-0.1, -0.05) is 23.7 Å². The number of non-ortho nitro benzene ring substituents is 1. The SMILES string of the molecule is CN(Cc1cc([N+](=O)[O-])ccc1Cl)C(=O)Cc1ccc(N2CCCC2=O)cc1. The summed E-state index contributed by atoms with van der Waals surface area (Å²) in [6.07, 6.45) is 1.63. The molecular weight excluding hydrogens is 382 g/mol. The molecule has 1 heterocycles. The molecule has 2 aromatic rings. The Balaban J connectivity index is 1.63. The van der Waals surface area contributed by atoms with E-state index < -0.39 is 4.92 Å². The Labute approximate surface area is 167 Å². The van der Waals surface area contributed by atoms with E-state index in [1.54, 1.807) is 11.9 Å². The molecule has 0 aromatic heterocycles. The molecule has 0 unspecified atom stereocenters. The first-order chi connectivity index (χ1) is 13.3. The van der Waals surface area contributed by atoms with Gasteiger partial charge in [0.1, 0.15) is 0 Å². The highest BCUT2D eigenvalue weighted by Gasteiger charge is 2.21. The maximum atomic E-state index is 12.5. The molecule has 8 heteroatoms. The lowest BCUT2D eigenvalue weighted by Crippen LogP contribution is -2.28. The molecule has 7 nitrogen and oxygen atoms in total. The summed E-state index contributed by atoms with van der Waals surface area (Å²) in [7, 11) is 1.63. The number of anilines is 1. The largest absolute Gasteiger partial charge is 0.341 e. The van der Waals surface area contributed by atoms with Crippen molar-refractivity contribution in [1.29, 1.82) is 0 Å².